The van der Waals surface area contributed by atoms with Gasteiger partial charge < -0.3 is 20.5 Å². The Kier molecular flexibility index (Phi) is 7.32. The van der Waals surface area contributed by atoms with Crippen molar-refractivity contribution in [1.82, 2.24) is 19.7 Å². The maximum absolute atomic E-state index is 12.5. The molecule has 2 aromatic carbocycles. The number of thioether (sulfide) groups is 1. The molecule has 2 aromatic heterocycles. The molecule has 4 aromatic rings. The van der Waals surface area contributed by atoms with E-state index in [1.807, 2.05) is 22.9 Å². The van der Waals surface area contributed by atoms with Gasteiger partial charge in [-0.25, -0.2) is 14.6 Å². The minimum atomic E-state index is -0.0970. The number of hydrogen-bond acceptors (Lipinski definition) is 8. The Balaban J connectivity index is 1.38. The number of aromatic nitrogens is 4. The standard InChI is InChI=1S/C28H28N6O3S/c1-3-10-37-21-13-19(12-20(35)15-21)26-25-27(29)30-17-31-28(25)34(32-26)9-11-38-22-14-18-7-5-6-8-23(18)33(16-22)24(36)4-2/h3-8,12-13,15,17,22,35H,1-2,9-11,14,16H2,(H2,29,30,31). The van der Waals surface area contributed by atoms with Gasteiger partial charge >= 0.3 is 0 Å². The van der Waals surface area contributed by atoms with E-state index in [-0.39, 0.29) is 16.9 Å². The van der Waals surface area contributed by atoms with E-state index in [1.54, 1.807) is 34.9 Å². The summed E-state index contributed by atoms with van der Waals surface area (Å²) in [4.78, 5) is 22.9. The lowest BCUT2D eigenvalue weighted by Crippen LogP contribution is -2.40. The second-order valence-corrected chi connectivity index (χ2v) is 10.2. The van der Waals surface area contributed by atoms with Crippen LogP contribution in [0.3, 0.4) is 0 Å². The minimum absolute atomic E-state index is 0.0476. The van der Waals surface area contributed by atoms with Crippen molar-refractivity contribution in [3.8, 4) is 22.8 Å². The predicted octanol–water partition coefficient (Wildman–Crippen LogP) is 4.22. The molecule has 38 heavy (non-hydrogen) atoms. The molecule has 0 spiro atoms. The molecule has 0 radical (unpaired) electrons. The number of para-hydroxylation sites is 1. The molecule has 10 heteroatoms. The number of rotatable bonds is 9. The largest absolute Gasteiger partial charge is 0.508 e. The Hall–Kier alpha value is -4.31. The second-order valence-electron chi connectivity index (χ2n) is 8.82. The smallest absolute Gasteiger partial charge is 0.250 e. The van der Waals surface area contributed by atoms with Crippen LogP contribution in [-0.4, -0.2) is 54.9 Å². The Morgan fingerprint density at radius 1 is 1.24 bits per heavy atom. The summed E-state index contributed by atoms with van der Waals surface area (Å²) in [6, 6.07) is 12.9. The minimum Gasteiger partial charge on any atom is -0.508 e. The molecule has 3 heterocycles. The van der Waals surface area contributed by atoms with Gasteiger partial charge in [0.2, 0.25) is 5.91 Å². The SMILES string of the molecule is C=CCOc1cc(O)cc(-c2nn(CCSC3Cc4ccccc4N(C(=O)C=C)C3)c3ncnc(N)c23)c1. The highest BCUT2D eigenvalue weighted by molar-refractivity contribution is 7.99. The Bertz CT molecular complexity index is 1520. The van der Waals surface area contributed by atoms with E-state index >= 15 is 0 Å². The molecule has 0 saturated heterocycles. The van der Waals surface area contributed by atoms with Crippen molar-refractivity contribution in [2.24, 2.45) is 0 Å². The number of aryl methyl sites for hydroxylation is 1. The van der Waals surface area contributed by atoms with Gasteiger partial charge in [0.25, 0.3) is 0 Å². The Morgan fingerprint density at radius 3 is 2.89 bits per heavy atom. The first-order chi connectivity index (χ1) is 18.5. The van der Waals surface area contributed by atoms with Gasteiger partial charge in [0.15, 0.2) is 5.65 Å². The quantitative estimate of drug-likeness (QED) is 0.245. The molecule has 1 unspecified atom stereocenters. The summed E-state index contributed by atoms with van der Waals surface area (Å²) in [5, 5.41) is 16.0. The summed E-state index contributed by atoms with van der Waals surface area (Å²) in [7, 11) is 0. The van der Waals surface area contributed by atoms with Crippen LogP contribution in [-0.2, 0) is 17.8 Å². The third-order valence-electron chi connectivity index (χ3n) is 6.30. The first-order valence-corrected chi connectivity index (χ1v) is 13.2. The van der Waals surface area contributed by atoms with Gasteiger partial charge in [-0.1, -0.05) is 37.4 Å². The van der Waals surface area contributed by atoms with Gasteiger partial charge in [0.05, 0.1) is 11.9 Å². The van der Waals surface area contributed by atoms with Crippen molar-refractivity contribution >= 4 is 40.2 Å². The monoisotopic (exact) mass is 528 g/mol. The number of carbonyl (C=O) groups is 1. The molecule has 9 nitrogen and oxygen atoms in total. The van der Waals surface area contributed by atoms with Crippen LogP contribution in [0.1, 0.15) is 5.56 Å². The summed E-state index contributed by atoms with van der Waals surface area (Å²) in [6.45, 7) is 8.82. The van der Waals surface area contributed by atoms with Crippen LogP contribution in [0.4, 0.5) is 11.5 Å². The number of phenols is 1. The van der Waals surface area contributed by atoms with Crippen molar-refractivity contribution in [1.29, 1.82) is 0 Å². The fraction of sp³-hybridized carbons (Fsp3) is 0.214. The van der Waals surface area contributed by atoms with E-state index in [0.717, 1.165) is 23.4 Å². The normalized spacial score (nSPS) is 14.7. The van der Waals surface area contributed by atoms with Crippen LogP contribution in [0.15, 0.2) is 74.1 Å². The van der Waals surface area contributed by atoms with Gasteiger partial charge in [-0.2, -0.15) is 16.9 Å². The molecule has 1 aliphatic heterocycles. The number of carbonyl (C=O) groups excluding carboxylic acids is 1. The molecular weight excluding hydrogens is 500 g/mol. The zero-order valence-corrected chi connectivity index (χ0v) is 21.6. The maximum Gasteiger partial charge on any atom is 0.250 e. The lowest BCUT2D eigenvalue weighted by Gasteiger charge is -2.33. The van der Waals surface area contributed by atoms with Crippen molar-refractivity contribution < 1.29 is 14.6 Å². The van der Waals surface area contributed by atoms with Gasteiger partial charge in [0.1, 0.15) is 35.9 Å². The summed E-state index contributed by atoms with van der Waals surface area (Å²) >= 11 is 1.79. The molecule has 3 N–H and O–H groups in total. The third kappa shape index (κ3) is 5.08. The van der Waals surface area contributed by atoms with Crippen molar-refractivity contribution in [3.05, 3.63) is 79.7 Å². The number of benzene rings is 2. The fourth-order valence-electron chi connectivity index (χ4n) is 4.64. The number of hydrogen-bond donors (Lipinski definition) is 2. The zero-order valence-electron chi connectivity index (χ0n) is 20.8. The van der Waals surface area contributed by atoms with Crippen LogP contribution in [0, 0.1) is 0 Å². The molecule has 194 valence electrons. The fourth-order valence-corrected chi connectivity index (χ4v) is 5.81. The molecule has 0 aliphatic carbocycles. The number of fused-ring (bicyclic) bond motifs is 2. The van der Waals surface area contributed by atoms with E-state index in [1.165, 1.54) is 18.5 Å². The van der Waals surface area contributed by atoms with E-state index in [0.29, 0.717) is 53.6 Å². The van der Waals surface area contributed by atoms with Crippen molar-refractivity contribution in [2.75, 3.05) is 29.5 Å². The number of anilines is 2. The van der Waals surface area contributed by atoms with E-state index in [2.05, 4.69) is 29.2 Å². The van der Waals surface area contributed by atoms with Gasteiger partial charge in [0, 0.05) is 34.9 Å². The third-order valence-corrected chi connectivity index (χ3v) is 7.51. The maximum atomic E-state index is 12.5. The summed E-state index contributed by atoms with van der Waals surface area (Å²) < 4.78 is 7.44. The molecule has 0 fully saturated rings. The number of nitrogens with zero attached hydrogens (tertiary/aromatic N) is 5. The molecule has 1 aliphatic rings. The molecular formula is C28H28N6O3S. The number of nitrogen functional groups attached to an aromatic ring is 1. The van der Waals surface area contributed by atoms with E-state index < -0.39 is 0 Å². The molecule has 5 rings (SSSR count). The molecule has 1 atom stereocenters. The molecule has 0 saturated carbocycles. The highest BCUT2D eigenvalue weighted by Gasteiger charge is 2.27. The topological polar surface area (TPSA) is 119 Å². The molecule has 1 amide bonds. The second kappa shape index (κ2) is 11.0. The average molecular weight is 529 g/mol. The van der Waals surface area contributed by atoms with Gasteiger partial charge in [-0.15, -0.1) is 0 Å². The zero-order chi connectivity index (χ0) is 26.6. The van der Waals surface area contributed by atoms with Crippen LogP contribution in [0.2, 0.25) is 0 Å². The first-order valence-electron chi connectivity index (χ1n) is 12.2. The Labute approximate surface area is 224 Å². The number of ether oxygens (including phenoxy) is 1. The average Bonchev–Trinajstić information content (AvgIpc) is 3.30. The highest BCUT2D eigenvalue weighted by Crippen LogP contribution is 2.35. The lowest BCUT2D eigenvalue weighted by atomic mass is 10.0. The van der Waals surface area contributed by atoms with Crippen LogP contribution in [0.25, 0.3) is 22.3 Å². The summed E-state index contributed by atoms with van der Waals surface area (Å²) in [5.41, 5.74) is 10.2. The van der Waals surface area contributed by atoms with Crippen LogP contribution in [0.5, 0.6) is 11.5 Å². The summed E-state index contributed by atoms with van der Waals surface area (Å²) in [5.74, 6) is 1.50. The number of nitrogens with two attached hydrogens (primary N) is 1. The lowest BCUT2D eigenvalue weighted by molar-refractivity contribution is -0.114. The first kappa shape index (κ1) is 25.3. The van der Waals surface area contributed by atoms with Gasteiger partial charge in [-0.05, 0) is 36.3 Å². The number of aromatic hydroxyl groups is 1. The van der Waals surface area contributed by atoms with E-state index in [9.17, 15) is 9.90 Å². The molecule has 0 bridgehead atoms. The Morgan fingerprint density at radius 2 is 2.08 bits per heavy atom. The number of amides is 1. The van der Waals surface area contributed by atoms with Crippen molar-refractivity contribution in [2.45, 2.75) is 18.2 Å². The highest BCUT2D eigenvalue weighted by atomic mass is 32.2. The van der Waals surface area contributed by atoms with Gasteiger partial charge in [-0.3, -0.25) is 4.79 Å². The van der Waals surface area contributed by atoms with E-state index in [4.69, 9.17) is 15.6 Å². The van der Waals surface area contributed by atoms with Crippen LogP contribution >= 0.6 is 11.8 Å². The summed E-state index contributed by atoms with van der Waals surface area (Å²) in [6.07, 6.45) is 5.29. The predicted molar refractivity (Wildman–Crippen MR) is 151 cm³/mol. The van der Waals surface area contributed by atoms with Crippen LogP contribution < -0.4 is 15.4 Å². The number of phenolic OH excluding ortho intramolecular Hbond substituents is 1. The van der Waals surface area contributed by atoms with Crippen molar-refractivity contribution in [3.63, 3.8) is 0 Å².